The van der Waals surface area contributed by atoms with Crippen molar-refractivity contribution in [2.75, 3.05) is 51.9 Å². The Bertz CT molecular complexity index is 727. The molecule has 1 N–H and O–H groups in total. The number of amides is 2. The Morgan fingerprint density at radius 1 is 1.12 bits per heavy atom. The molecule has 1 saturated heterocycles. The van der Waals surface area contributed by atoms with Crippen LogP contribution in [0.15, 0.2) is 12.1 Å². The SMILES string of the molecule is COC(=O)c1cc2c(cc1NC(=O)CN1CCN(C(C)=O)CC1)OCO2. The van der Waals surface area contributed by atoms with Crippen molar-refractivity contribution in [1.29, 1.82) is 0 Å². The third kappa shape index (κ3) is 3.88. The molecule has 0 radical (unpaired) electrons. The van der Waals surface area contributed by atoms with E-state index in [1.807, 2.05) is 4.90 Å². The molecular weight excluding hydrogens is 342 g/mol. The molecule has 2 amide bonds. The Hall–Kier alpha value is -2.81. The van der Waals surface area contributed by atoms with Gasteiger partial charge in [-0.1, -0.05) is 0 Å². The maximum Gasteiger partial charge on any atom is 0.340 e. The number of piperazine rings is 1. The highest BCUT2D eigenvalue weighted by molar-refractivity contribution is 6.02. The minimum atomic E-state index is -0.575. The van der Waals surface area contributed by atoms with Crippen molar-refractivity contribution in [2.24, 2.45) is 0 Å². The summed E-state index contributed by atoms with van der Waals surface area (Å²) in [6.45, 7) is 4.21. The Labute approximate surface area is 150 Å². The van der Waals surface area contributed by atoms with E-state index in [1.54, 1.807) is 11.0 Å². The van der Waals surface area contributed by atoms with E-state index in [4.69, 9.17) is 14.2 Å². The molecule has 1 aromatic rings. The summed E-state index contributed by atoms with van der Waals surface area (Å²) < 4.78 is 15.3. The van der Waals surface area contributed by atoms with Crippen LogP contribution in [0.25, 0.3) is 0 Å². The molecular formula is C17H21N3O6. The average molecular weight is 363 g/mol. The van der Waals surface area contributed by atoms with Gasteiger partial charge in [-0.2, -0.15) is 0 Å². The number of rotatable bonds is 4. The van der Waals surface area contributed by atoms with Gasteiger partial charge in [0.1, 0.15) is 0 Å². The zero-order chi connectivity index (χ0) is 18.7. The molecule has 9 nitrogen and oxygen atoms in total. The molecule has 2 heterocycles. The van der Waals surface area contributed by atoms with Gasteiger partial charge in [0, 0.05) is 45.2 Å². The van der Waals surface area contributed by atoms with E-state index >= 15 is 0 Å². The smallest absolute Gasteiger partial charge is 0.340 e. The summed E-state index contributed by atoms with van der Waals surface area (Å²) >= 11 is 0. The van der Waals surface area contributed by atoms with E-state index in [1.165, 1.54) is 20.1 Å². The van der Waals surface area contributed by atoms with Crippen LogP contribution in [-0.4, -0.2) is 74.2 Å². The minimum absolute atomic E-state index is 0.0391. The highest BCUT2D eigenvalue weighted by Gasteiger charge is 2.24. The standard InChI is InChI=1S/C17H21N3O6/c1-11(21)20-5-3-19(4-6-20)9-16(22)18-13-8-15-14(25-10-26-15)7-12(13)17(23)24-2/h7-8H,3-6,9-10H2,1-2H3,(H,18,22). The van der Waals surface area contributed by atoms with Gasteiger partial charge in [0.2, 0.25) is 18.6 Å². The Morgan fingerprint density at radius 2 is 1.77 bits per heavy atom. The molecule has 0 aliphatic carbocycles. The molecule has 1 fully saturated rings. The lowest BCUT2D eigenvalue weighted by molar-refractivity contribution is -0.130. The largest absolute Gasteiger partial charge is 0.465 e. The molecule has 0 aromatic heterocycles. The van der Waals surface area contributed by atoms with E-state index in [0.717, 1.165) is 0 Å². The van der Waals surface area contributed by atoms with Crippen LogP contribution in [-0.2, 0) is 14.3 Å². The zero-order valence-electron chi connectivity index (χ0n) is 14.7. The van der Waals surface area contributed by atoms with E-state index in [0.29, 0.717) is 43.4 Å². The second kappa shape index (κ2) is 7.61. The van der Waals surface area contributed by atoms with E-state index < -0.39 is 5.97 Å². The first-order valence-electron chi connectivity index (χ1n) is 8.27. The van der Waals surface area contributed by atoms with Gasteiger partial charge in [0.15, 0.2) is 11.5 Å². The second-order valence-electron chi connectivity index (χ2n) is 6.07. The summed E-state index contributed by atoms with van der Waals surface area (Å²) in [7, 11) is 1.27. The number of anilines is 1. The number of hydrogen-bond donors (Lipinski definition) is 1. The van der Waals surface area contributed by atoms with Crippen molar-refractivity contribution < 1.29 is 28.6 Å². The first kappa shape index (κ1) is 18.0. The first-order chi connectivity index (χ1) is 12.5. The van der Waals surface area contributed by atoms with E-state index in [9.17, 15) is 14.4 Å². The molecule has 0 bridgehead atoms. The Kier molecular flexibility index (Phi) is 5.27. The number of methoxy groups -OCH3 is 1. The number of hydrogen-bond acceptors (Lipinski definition) is 7. The maximum atomic E-state index is 12.4. The number of nitrogens with zero attached hydrogens (tertiary/aromatic N) is 2. The Balaban J connectivity index is 1.66. The quantitative estimate of drug-likeness (QED) is 0.769. The van der Waals surface area contributed by atoms with Crippen LogP contribution in [0.4, 0.5) is 5.69 Å². The van der Waals surface area contributed by atoms with Crippen LogP contribution in [0.1, 0.15) is 17.3 Å². The van der Waals surface area contributed by atoms with Crippen molar-refractivity contribution in [1.82, 2.24) is 9.80 Å². The fourth-order valence-electron chi connectivity index (χ4n) is 2.94. The van der Waals surface area contributed by atoms with Gasteiger partial charge in [-0.05, 0) is 0 Å². The van der Waals surface area contributed by atoms with Gasteiger partial charge < -0.3 is 24.4 Å². The van der Waals surface area contributed by atoms with Crippen LogP contribution >= 0.6 is 0 Å². The maximum absolute atomic E-state index is 12.4. The van der Waals surface area contributed by atoms with Gasteiger partial charge in [-0.15, -0.1) is 0 Å². The molecule has 1 aromatic carbocycles. The third-order valence-corrected chi connectivity index (χ3v) is 4.38. The molecule has 2 aliphatic heterocycles. The van der Waals surface area contributed by atoms with Crippen molar-refractivity contribution in [3.05, 3.63) is 17.7 Å². The minimum Gasteiger partial charge on any atom is -0.465 e. The highest BCUT2D eigenvalue weighted by atomic mass is 16.7. The Morgan fingerprint density at radius 3 is 2.38 bits per heavy atom. The average Bonchev–Trinajstić information content (AvgIpc) is 3.08. The molecule has 140 valence electrons. The van der Waals surface area contributed by atoms with Crippen molar-refractivity contribution in [3.8, 4) is 11.5 Å². The number of ether oxygens (including phenoxy) is 3. The number of nitrogens with one attached hydrogen (secondary N) is 1. The van der Waals surface area contributed by atoms with Crippen LogP contribution in [0.5, 0.6) is 11.5 Å². The monoisotopic (exact) mass is 363 g/mol. The van der Waals surface area contributed by atoms with Gasteiger partial charge in [-0.25, -0.2) is 4.79 Å². The molecule has 2 aliphatic rings. The van der Waals surface area contributed by atoms with Gasteiger partial charge in [0.05, 0.1) is 24.9 Å². The zero-order valence-corrected chi connectivity index (χ0v) is 14.7. The van der Waals surface area contributed by atoms with Gasteiger partial charge >= 0.3 is 5.97 Å². The lowest BCUT2D eigenvalue weighted by Gasteiger charge is -2.33. The molecule has 0 unspecified atom stereocenters. The van der Waals surface area contributed by atoms with Crippen LogP contribution < -0.4 is 14.8 Å². The predicted molar refractivity (Wildman–Crippen MR) is 91.2 cm³/mol. The molecule has 26 heavy (non-hydrogen) atoms. The van der Waals surface area contributed by atoms with Crippen LogP contribution in [0.3, 0.4) is 0 Å². The fourth-order valence-corrected chi connectivity index (χ4v) is 2.94. The van der Waals surface area contributed by atoms with Gasteiger partial charge in [-0.3, -0.25) is 14.5 Å². The lowest BCUT2D eigenvalue weighted by Crippen LogP contribution is -2.49. The summed E-state index contributed by atoms with van der Waals surface area (Å²) in [5.41, 5.74) is 0.514. The van der Waals surface area contributed by atoms with Crippen LogP contribution in [0, 0.1) is 0 Å². The van der Waals surface area contributed by atoms with E-state index in [-0.39, 0.29) is 30.7 Å². The van der Waals surface area contributed by atoms with Gasteiger partial charge in [0.25, 0.3) is 0 Å². The number of carbonyl (C=O) groups is 3. The summed E-state index contributed by atoms with van der Waals surface area (Å²) in [5, 5.41) is 2.74. The highest BCUT2D eigenvalue weighted by Crippen LogP contribution is 2.37. The molecule has 0 saturated carbocycles. The summed E-state index contributed by atoms with van der Waals surface area (Å²) in [4.78, 5) is 39.5. The molecule has 0 atom stereocenters. The second-order valence-corrected chi connectivity index (χ2v) is 6.07. The third-order valence-electron chi connectivity index (χ3n) is 4.38. The number of esters is 1. The lowest BCUT2D eigenvalue weighted by atomic mass is 10.1. The predicted octanol–water partition coefficient (Wildman–Crippen LogP) is 0.305. The fraction of sp³-hybridized carbons (Fsp3) is 0.471. The normalized spacial score (nSPS) is 16.3. The number of benzene rings is 1. The van der Waals surface area contributed by atoms with Crippen LogP contribution in [0.2, 0.25) is 0 Å². The molecule has 9 heteroatoms. The first-order valence-corrected chi connectivity index (χ1v) is 8.27. The van der Waals surface area contributed by atoms with Crippen molar-refractivity contribution >= 4 is 23.5 Å². The van der Waals surface area contributed by atoms with Crippen molar-refractivity contribution in [2.45, 2.75) is 6.92 Å². The number of fused-ring (bicyclic) bond motifs is 1. The summed E-state index contributed by atoms with van der Waals surface area (Å²) in [6, 6.07) is 3.05. The number of carbonyl (C=O) groups excluding carboxylic acids is 3. The van der Waals surface area contributed by atoms with Crippen molar-refractivity contribution in [3.63, 3.8) is 0 Å². The molecule has 3 rings (SSSR count). The summed E-state index contributed by atoms with van der Waals surface area (Å²) in [6.07, 6.45) is 0. The van der Waals surface area contributed by atoms with E-state index in [2.05, 4.69) is 5.32 Å². The molecule has 0 spiro atoms. The summed E-state index contributed by atoms with van der Waals surface area (Å²) in [5.74, 6) is 0.0999. The topological polar surface area (TPSA) is 97.4 Å².